The maximum Gasteiger partial charge on any atom is 0.180 e. The van der Waals surface area contributed by atoms with Crippen LogP contribution < -0.4 is 10.6 Å². The summed E-state index contributed by atoms with van der Waals surface area (Å²) in [5.74, 6) is 1.42. The van der Waals surface area contributed by atoms with Crippen LogP contribution in [0.15, 0.2) is 42.5 Å². The van der Waals surface area contributed by atoms with Gasteiger partial charge < -0.3 is 34.3 Å². The summed E-state index contributed by atoms with van der Waals surface area (Å²) in [6, 6.07) is 14.6. The van der Waals surface area contributed by atoms with Crippen LogP contribution >= 0.6 is 0 Å². The van der Waals surface area contributed by atoms with Crippen LogP contribution in [0.4, 0.5) is 17.1 Å². The van der Waals surface area contributed by atoms with Gasteiger partial charge in [0.25, 0.3) is 0 Å². The fourth-order valence-corrected chi connectivity index (χ4v) is 6.50. The van der Waals surface area contributed by atoms with E-state index in [1.807, 2.05) is 0 Å². The predicted molar refractivity (Wildman–Crippen MR) is 173 cm³/mol. The molecule has 0 aromatic heterocycles. The number of nitrogens with zero attached hydrogens (tertiary/aromatic N) is 1. The Balaban J connectivity index is 0.994. The summed E-state index contributed by atoms with van der Waals surface area (Å²) in [5.41, 5.74) is 5.23. The molecule has 3 atom stereocenters. The number of methoxy groups -OCH3 is 1. The van der Waals surface area contributed by atoms with Gasteiger partial charge in [-0.25, -0.2) is 0 Å². The molecule has 44 heavy (non-hydrogen) atoms. The first-order valence-corrected chi connectivity index (χ1v) is 16.3. The van der Waals surface area contributed by atoms with E-state index in [-0.39, 0.29) is 11.5 Å². The van der Waals surface area contributed by atoms with E-state index >= 15 is 0 Å². The summed E-state index contributed by atoms with van der Waals surface area (Å²) in [5, 5.41) is 6.96. The molecule has 242 valence electrons. The molecular weight excluding hydrogens is 558 g/mol. The minimum absolute atomic E-state index is 0.0158. The van der Waals surface area contributed by atoms with Crippen LogP contribution in [0.1, 0.15) is 49.0 Å². The van der Waals surface area contributed by atoms with Crippen LogP contribution in [0.3, 0.4) is 0 Å². The molecule has 0 spiro atoms. The van der Waals surface area contributed by atoms with Gasteiger partial charge in [-0.05, 0) is 91.1 Å². The zero-order valence-corrected chi connectivity index (χ0v) is 26.8. The first-order chi connectivity index (χ1) is 21.5. The number of hydrogen-bond donors (Lipinski definition) is 2. The number of Topliss-reactive ketones (excluding diaryl/α,β-unsaturated/α-hetero) is 1. The van der Waals surface area contributed by atoms with Crippen LogP contribution in [0.25, 0.3) is 0 Å². The smallest absolute Gasteiger partial charge is 0.180 e. The minimum atomic E-state index is 0.0158. The Morgan fingerprint density at radius 3 is 2.05 bits per heavy atom. The number of hydrogen-bond acceptors (Lipinski definition) is 9. The lowest BCUT2D eigenvalue weighted by Crippen LogP contribution is -2.61. The molecule has 5 rings (SSSR count). The van der Waals surface area contributed by atoms with Crippen LogP contribution in [-0.4, -0.2) is 103 Å². The Morgan fingerprint density at radius 1 is 0.818 bits per heavy atom. The van der Waals surface area contributed by atoms with Crippen molar-refractivity contribution in [3.8, 4) is 0 Å². The number of piperidine rings is 1. The third-order valence-electron chi connectivity index (χ3n) is 9.45. The number of fused-ring (bicyclic) bond motifs is 4. The Bertz CT molecular complexity index is 1190. The highest BCUT2D eigenvalue weighted by molar-refractivity contribution is 6.04. The van der Waals surface area contributed by atoms with Gasteiger partial charge in [0.15, 0.2) is 5.78 Å². The molecule has 2 N–H and O–H groups in total. The lowest BCUT2D eigenvalue weighted by Gasteiger charge is -2.53. The predicted octanol–water partition coefficient (Wildman–Crippen LogP) is 5.13. The van der Waals surface area contributed by atoms with Gasteiger partial charge in [-0.1, -0.05) is 13.8 Å². The van der Waals surface area contributed by atoms with E-state index in [0.29, 0.717) is 77.7 Å². The SMILES string of the molecule is COCCOCCOCCOCCOCCNc1ccc(Nc2ccc3c(c2)[C@]2(C)CCN(CC4CC4)[C@H](C3=O)[C@@H]2C)cc1. The van der Waals surface area contributed by atoms with Crippen molar-refractivity contribution in [1.82, 2.24) is 4.90 Å². The summed E-state index contributed by atoms with van der Waals surface area (Å²) >= 11 is 0. The Morgan fingerprint density at radius 2 is 1.41 bits per heavy atom. The van der Waals surface area contributed by atoms with Gasteiger partial charge in [-0.15, -0.1) is 0 Å². The Kier molecular flexibility index (Phi) is 12.1. The van der Waals surface area contributed by atoms with Crippen molar-refractivity contribution in [1.29, 1.82) is 0 Å². The molecule has 1 heterocycles. The maximum atomic E-state index is 13.7. The minimum Gasteiger partial charge on any atom is -0.383 e. The lowest BCUT2D eigenvalue weighted by molar-refractivity contribution is -0.00700. The first kappa shape index (κ1) is 32.9. The third-order valence-corrected chi connectivity index (χ3v) is 9.45. The summed E-state index contributed by atoms with van der Waals surface area (Å²) in [6.45, 7) is 12.6. The number of benzene rings is 2. The van der Waals surface area contributed by atoms with Gasteiger partial charge >= 0.3 is 0 Å². The van der Waals surface area contributed by atoms with E-state index in [1.54, 1.807) is 7.11 Å². The lowest BCUT2D eigenvalue weighted by atomic mass is 9.58. The van der Waals surface area contributed by atoms with Crippen LogP contribution in [0, 0.1) is 11.8 Å². The number of ketones is 1. The van der Waals surface area contributed by atoms with Crippen molar-refractivity contribution >= 4 is 22.8 Å². The Hall–Kier alpha value is -2.53. The molecule has 0 radical (unpaired) electrons. The van der Waals surface area contributed by atoms with E-state index in [9.17, 15) is 4.79 Å². The first-order valence-electron chi connectivity index (χ1n) is 16.3. The van der Waals surface area contributed by atoms with Crippen molar-refractivity contribution in [2.75, 3.05) is 96.8 Å². The van der Waals surface area contributed by atoms with Crippen LogP contribution in [0.5, 0.6) is 0 Å². The molecule has 2 aromatic rings. The standard InChI is InChI=1S/C35H51N3O6/c1-26-33-34(39)31-11-10-30(24-32(31)35(26,2)12-14-38(33)25-27-4-5-27)37-29-8-6-28(7-9-29)36-13-15-41-18-19-43-22-23-44-21-20-42-17-16-40-3/h6-11,24,26-27,33,36-37H,4-5,12-23,25H2,1-3H3/t26-,33-,35+/m0/s1. The molecule has 1 saturated carbocycles. The highest BCUT2D eigenvalue weighted by Crippen LogP contribution is 2.50. The van der Waals surface area contributed by atoms with E-state index in [0.717, 1.165) is 48.1 Å². The highest BCUT2D eigenvalue weighted by Gasteiger charge is 2.52. The topological polar surface area (TPSA) is 90.5 Å². The van der Waals surface area contributed by atoms with Gasteiger partial charge in [-0.3, -0.25) is 9.69 Å². The van der Waals surface area contributed by atoms with Gasteiger partial charge in [0.1, 0.15) is 0 Å². The van der Waals surface area contributed by atoms with Crippen molar-refractivity contribution in [2.24, 2.45) is 11.8 Å². The van der Waals surface area contributed by atoms with Crippen LogP contribution in [0.2, 0.25) is 0 Å². The second kappa shape index (κ2) is 16.2. The second-order valence-corrected chi connectivity index (χ2v) is 12.5. The number of nitrogens with one attached hydrogen (secondary N) is 2. The zero-order valence-electron chi connectivity index (χ0n) is 26.8. The summed E-state index contributed by atoms with van der Waals surface area (Å²) in [6.07, 6.45) is 3.74. The fraction of sp³-hybridized carbons (Fsp3) is 0.629. The number of anilines is 3. The monoisotopic (exact) mass is 609 g/mol. The van der Waals surface area contributed by atoms with Crippen LogP contribution in [-0.2, 0) is 29.1 Å². The van der Waals surface area contributed by atoms with E-state index < -0.39 is 0 Å². The normalized spacial score (nSPS) is 23.0. The molecule has 2 bridgehead atoms. The number of likely N-dealkylation sites (tertiary alicyclic amines) is 1. The number of carbonyl (C=O) groups is 1. The molecule has 1 saturated heterocycles. The average molecular weight is 610 g/mol. The van der Waals surface area contributed by atoms with Gasteiger partial charge in [0, 0.05) is 42.8 Å². The molecule has 1 aliphatic heterocycles. The number of rotatable bonds is 20. The van der Waals surface area contributed by atoms with Crippen molar-refractivity contribution in [2.45, 2.75) is 44.6 Å². The molecule has 2 aromatic carbocycles. The van der Waals surface area contributed by atoms with E-state index in [4.69, 9.17) is 23.7 Å². The highest BCUT2D eigenvalue weighted by atomic mass is 16.6. The van der Waals surface area contributed by atoms with Crippen molar-refractivity contribution in [3.05, 3.63) is 53.6 Å². The molecule has 9 heteroatoms. The molecule has 2 fully saturated rings. The molecule has 2 aliphatic carbocycles. The largest absolute Gasteiger partial charge is 0.383 e. The molecule has 0 unspecified atom stereocenters. The average Bonchev–Trinajstić information content (AvgIpc) is 3.85. The van der Waals surface area contributed by atoms with Gasteiger partial charge in [0.05, 0.1) is 65.5 Å². The van der Waals surface area contributed by atoms with Crippen molar-refractivity contribution < 1.29 is 28.5 Å². The number of ether oxygens (including phenoxy) is 5. The molecular formula is C35H51N3O6. The van der Waals surface area contributed by atoms with E-state index in [2.05, 4.69) is 71.8 Å². The summed E-state index contributed by atoms with van der Waals surface area (Å²) < 4.78 is 26.9. The fourth-order valence-electron chi connectivity index (χ4n) is 6.50. The zero-order chi connectivity index (χ0) is 30.8. The Labute approximate surface area is 262 Å². The number of carbonyl (C=O) groups excluding carboxylic acids is 1. The molecule has 9 nitrogen and oxygen atoms in total. The molecule has 0 amide bonds. The van der Waals surface area contributed by atoms with Gasteiger partial charge in [0.2, 0.25) is 0 Å². The summed E-state index contributed by atoms with van der Waals surface area (Å²) in [4.78, 5) is 16.1. The maximum absolute atomic E-state index is 13.7. The van der Waals surface area contributed by atoms with E-state index in [1.165, 1.54) is 18.4 Å². The second-order valence-electron chi connectivity index (χ2n) is 12.5. The van der Waals surface area contributed by atoms with Gasteiger partial charge in [-0.2, -0.15) is 0 Å². The summed E-state index contributed by atoms with van der Waals surface area (Å²) in [7, 11) is 1.66. The van der Waals surface area contributed by atoms with Crippen molar-refractivity contribution in [3.63, 3.8) is 0 Å². The quantitative estimate of drug-likeness (QED) is 0.198. The third kappa shape index (κ3) is 8.59. The molecule has 3 aliphatic rings.